The fraction of sp³-hybridized carbons (Fsp3) is 0.353. The number of pyridine rings is 1. The summed E-state index contributed by atoms with van der Waals surface area (Å²) >= 11 is 0. The van der Waals surface area contributed by atoms with Crippen molar-refractivity contribution in [2.75, 3.05) is 24.1 Å². The zero-order chi connectivity index (χ0) is 16.9. The van der Waals surface area contributed by atoms with Crippen molar-refractivity contribution in [2.24, 2.45) is 0 Å². The van der Waals surface area contributed by atoms with Gasteiger partial charge < -0.3 is 11.1 Å². The molecule has 1 aliphatic rings. The molecular weight excluding hydrogens is 306 g/mol. The van der Waals surface area contributed by atoms with Crippen LogP contribution in [0.4, 0.5) is 17.3 Å². The molecule has 2 heterocycles. The van der Waals surface area contributed by atoms with Gasteiger partial charge in [0.05, 0.1) is 4.92 Å². The summed E-state index contributed by atoms with van der Waals surface area (Å²) in [5, 5.41) is 14.4. The second kappa shape index (κ2) is 7.27. The summed E-state index contributed by atoms with van der Waals surface area (Å²) in [5.41, 5.74) is 6.91. The van der Waals surface area contributed by atoms with Crippen LogP contribution in [-0.4, -0.2) is 33.9 Å². The number of rotatable bonds is 5. The normalized spacial score (nSPS) is 18.2. The highest BCUT2D eigenvalue weighted by Gasteiger charge is 2.23. The number of nitrogens with zero attached hydrogens (tertiary/aromatic N) is 3. The van der Waals surface area contributed by atoms with Crippen LogP contribution in [0.15, 0.2) is 42.5 Å². The van der Waals surface area contributed by atoms with Crippen LogP contribution in [-0.2, 0) is 6.54 Å². The van der Waals surface area contributed by atoms with Crippen LogP contribution >= 0.6 is 0 Å². The minimum atomic E-state index is -0.431. The van der Waals surface area contributed by atoms with Crippen molar-refractivity contribution >= 4 is 17.3 Å². The summed E-state index contributed by atoms with van der Waals surface area (Å²) in [6.07, 6.45) is 2.00. The molecule has 1 aromatic heterocycles. The highest BCUT2D eigenvalue weighted by Crippen LogP contribution is 2.25. The van der Waals surface area contributed by atoms with Crippen LogP contribution in [0.2, 0.25) is 0 Å². The zero-order valence-electron chi connectivity index (χ0n) is 13.4. The lowest BCUT2D eigenvalue weighted by Crippen LogP contribution is -2.41. The molecule has 1 fully saturated rings. The smallest absolute Gasteiger partial charge is 0.311 e. The first-order chi connectivity index (χ1) is 11.6. The largest absolute Gasteiger partial charge is 0.384 e. The number of anilines is 2. The first kappa shape index (κ1) is 16.2. The van der Waals surface area contributed by atoms with Crippen LogP contribution in [0.5, 0.6) is 0 Å². The number of nitro groups is 1. The summed E-state index contributed by atoms with van der Waals surface area (Å²) in [4.78, 5) is 17.2. The molecule has 1 aliphatic heterocycles. The van der Waals surface area contributed by atoms with E-state index in [1.54, 1.807) is 0 Å². The average Bonchev–Trinajstić information content (AvgIpc) is 2.56. The molecule has 0 amide bonds. The Labute approximate surface area is 140 Å². The van der Waals surface area contributed by atoms with Gasteiger partial charge in [0.2, 0.25) is 5.82 Å². The maximum absolute atomic E-state index is 11.2. The van der Waals surface area contributed by atoms with Gasteiger partial charge in [0, 0.05) is 25.2 Å². The standard InChI is InChI=1S/C17H21N5O2/c18-16-9-8-15(22(23)24)17(20-16)19-14-7-4-10-21(12-14)11-13-5-2-1-3-6-13/h1-3,5-6,8-9,14H,4,7,10-12H2,(H3,18,19,20). The Bertz CT molecular complexity index is 707. The Kier molecular flexibility index (Phi) is 4.90. The molecule has 0 radical (unpaired) electrons. The van der Waals surface area contributed by atoms with Gasteiger partial charge in [-0.1, -0.05) is 30.3 Å². The van der Waals surface area contributed by atoms with E-state index in [9.17, 15) is 10.1 Å². The number of benzene rings is 1. The van der Waals surface area contributed by atoms with E-state index in [0.29, 0.717) is 0 Å². The third-order valence-corrected chi connectivity index (χ3v) is 4.19. The summed E-state index contributed by atoms with van der Waals surface area (Å²) in [6.45, 7) is 2.73. The Morgan fingerprint density at radius 3 is 2.83 bits per heavy atom. The highest BCUT2D eigenvalue weighted by atomic mass is 16.6. The molecular formula is C17H21N5O2. The van der Waals surface area contributed by atoms with Gasteiger partial charge in [-0.2, -0.15) is 0 Å². The van der Waals surface area contributed by atoms with Crippen LogP contribution in [0, 0.1) is 10.1 Å². The van der Waals surface area contributed by atoms with E-state index in [1.807, 2.05) is 18.2 Å². The van der Waals surface area contributed by atoms with Crippen molar-refractivity contribution in [3.8, 4) is 0 Å². The fourth-order valence-corrected chi connectivity index (χ4v) is 3.07. The van der Waals surface area contributed by atoms with E-state index in [2.05, 4.69) is 27.3 Å². The molecule has 0 aliphatic carbocycles. The molecule has 0 bridgehead atoms. The maximum atomic E-state index is 11.2. The predicted octanol–water partition coefficient (Wildman–Crippen LogP) is 2.65. The quantitative estimate of drug-likeness (QED) is 0.647. The third-order valence-electron chi connectivity index (χ3n) is 4.19. The van der Waals surface area contributed by atoms with Gasteiger partial charge in [-0.3, -0.25) is 15.0 Å². The second-order valence-electron chi connectivity index (χ2n) is 6.07. The van der Waals surface area contributed by atoms with Gasteiger partial charge >= 0.3 is 5.69 Å². The van der Waals surface area contributed by atoms with Crippen LogP contribution in [0.1, 0.15) is 18.4 Å². The molecule has 1 aromatic carbocycles. The Morgan fingerprint density at radius 1 is 1.29 bits per heavy atom. The first-order valence-electron chi connectivity index (χ1n) is 8.05. The lowest BCUT2D eigenvalue weighted by atomic mass is 10.0. The fourth-order valence-electron chi connectivity index (χ4n) is 3.07. The SMILES string of the molecule is Nc1ccc([N+](=O)[O-])c(NC2CCCN(Cc3ccccc3)C2)n1. The molecule has 0 spiro atoms. The van der Waals surface area contributed by atoms with Crippen molar-refractivity contribution in [1.29, 1.82) is 0 Å². The van der Waals surface area contributed by atoms with Crippen LogP contribution in [0.3, 0.4) is 0 Å². The summed E-state index contributed by atoms with van der Waals surface area (Å²) in [7, 11) is 0. The Morgan fingerprint density at radius 2 is 2.08 bits per heavy atom. The van der Waals surface area contributed by atoms with Gasteiger partial charge in [0.1, 0.15) is 5.82 Å². The lowest BCUT2D eigenvalue weighted by molar-refractivity contribution is -0.384. The Balaban J connectivity index is 1.67. The maximum Gasteiger partial charge on any atom is 0.311 e. The molecule has 1 saturated heterocycles. The highest BCUT2D eigenvalue weighted by molar-refractivity contribution is 5.59. The first-order valence-corrected chi connectivity index (χ1v) is 8.05. The molecule has 1 atom stereocenters. The summed E-state index contributed by atoms with van der Waals surface area (Å²) < 4.78 is 0. The number of hydrogen-bond acceptors (Lipinski definition) is 6. The van der Waals surface area contributed by atoms with Crippen molar-refractivity contribution in [3.05, 3.63) is 58.1 Å². The number of hydrogen-bond donors (Lipinski definition) is 2. The minimum Gasteiger partial charge on any atom is -0.384 e. The number of nitrogens with two attached hydrogens (primary N) is 1. The van der Waals surface area contributed by atoms with Gasteiger partial charge in [0.25, 0.3) is 0 Å². The second-order valence-corrected chi connectivity index (χ2v) is 6.07. The van der Waals surface area contributed by atoms with Crippen molar-refractivity contribution in [1.82, 2.24) is 9.88 Å². The molecule has 24 heavy (non-hydrogen) atoms. The van der Waals surface area contributed by atoms with Gasteiger partial charge in [-0.05, 0) is 31.0 Å². The van der Waals surface area contributed by atoms with E-state index >= 15 is 0 Å². The molecule has 2 aromatic rings. The van der Waals surface area contributed by atoms with Crippen molar-refractivity contribution in [2.45, 2.75) is 25.4 Å². The molecule has 3 N–H and O–H groups in total. The van der Waals surface area contributed by atoms with Gasteiger partial charge in [0.15, 0.2) is 0 Å². The molecule has 0 saturated carbocycles. The predicted molar refractivity (Wildman–Crippen MR) is 93.7 cm³/mol. The van der Waals surface area contributed by atoms with E-state index in [4.69, 9.17) is 5.73 Å². The molecule has 126 valence electrons. The van der Waals surface area contributed by atoms with Crippen molar-refractivity contribution < 1.29 is 4.92 Å². The lowest BCUT2D eigenvalue weighted by Gasteiger charge is -2.33. The topological polar surface area (TPSA) is 97.3 Å². The zero-order valence-corrected chi connectivity index (χ0v) is 13.4. The molecule has 7 heteroatoms. The van der Waals surface area contributed by atoms with Gasteiger partial charge in [-0.15, -0.1) is 0 Å². The number of piperidine rings is 1. The van der Waals surface area contributed by atoms with Crippen LogP contribution < -0.4 is 11.1 Å². The molecule has 7 nitrogen and oxygen atoms in total. The molecule has 3 rings (SSSR count). The number of aromatic nitrogens is 1. The molecule has 1 unspecified atom stereocenters. The average molecular weight is 327 g/mol. The van der Waals surface area contributed by atoms with Crippen molar-refractivity contribution in [3.63, 3.8) is 0 Å². The third kappa shape index (κ3) is 3.99. The van der Waals surface area contributed by atoms with E-state index < -0.39 is 4.92 Å². The van der Waals surface area contributed by atoms with E-state index in [-0.39, 0.29) is 23.4 Å². The number of nitrogens with one attached hydrogen (secondary N) is 1. The summed E-state index contributed by atoms with van der Waals surface area (Å²) in [6, 6.07) is 13.3. The van der Waals surface area contributed by atoms with Crippen LogP contribution in [0.25, 0.3) is 0 Å². The Hall–Kier alpha value is -2.67. The minimum absolute atomic E-state index is 0.0376. The number of likely N-dealkylation sites (tertiary alicyclic amines) is 1. The monoisotopic (exact) mass is 327 g/mol. The van der Waals surface area contributed by atoms with E-state index in [0.717, 1.165) is 32.5 Å². The van der Waals surface area contributed by atoms with Gasteiger partial charge in [-0.25, -0.2) is 4.98 Å². The number of nitrogen functional groups attached to an aromatic ring is 1. The van der Waals surface area contributed by atoms with E-state index in [1.165, 1.54) is 17.7 Å². The summed E-state index contributed by atoms with van der Waals surface area (Å²) in [5.74, 6) is 0.534.